The van der Waals surface area contributed by atoms with Gasteiger partial charge in [0.2, 0.25) is 6.29 Å². The number of aliphatic hydroxyl groups excluding tert-OH is 2. The van der Waals surface area contributed by atoms with Crippen LogP contribution in [0.15, 0.2) is 0 Å². The topological polar surface area (TPSA) is 174 Å². The number of hydrogen-bond donors (Lipinski definition) is 3. The summed E-state index contributed by atoms with van der Waals surface area (Å²) < 4.78 is 61.5. The molecule has 0 bridgehead atoms. The molecule has 0 rings (SSSR count). The van der Waals surface area contributed by atoms with E-state index in [2.05, 4.69) is 13.7 Å². The van der Waals surface area contributed by atoms with Crippen LogP contribution in [0.4, 0.5) is 8.78 Å². The first-order chi connectivity index (χ1) is 10.8. The minimum absolute atomic E-state index is 0.519. The Labute approximate surface area is 133 Å². The Balaban J connectivity index is 5.80. The lowest BCUT2D eigenvalue weighted by Gasteiger charge is -2.36. The molecule has 3 N–H and O–H groups in total. The molecule has 14 heteroatoms. The Hall–Kier alpha value is -1.90. The second kappa shape index (κ2) is 7.78. The van der Waals surface area contributed by atoms with Crippen molar-refractivity contribution >= 4 is 29.0 Å². The van der Waals surface area contributed by atoms with Crippen molar-refractivity contribution in [3.8, 4) is 0 Å². The average Bonchev–Trinajstić information content (AvgIpc) is 2.45. The zero-order valence-electron chi connectivity index (χ0n) is 12.2. The van der Waals surface area contributed by atoms with Gasteiger partial charge in [0, 0.05) is 0 Å². The van der Waals surface area contributed by atoms with Gasteiger partial charge in [0.15, 0.2) is 6.10 Å². The van der Waals surface area contributed by atoms with Crippen LogP contribution in [0.25, 0.3) is 0 Å². The van der Waals surface area contributed by atoms with E-state index in [0.29, 0.717) is 0 Å². The Morgan fingerprint density at radius 1 is 1.17 bits per heavy atom. The molecular weight excluding hydrogens is 366 g/mol. The van der Waals surface area contributed by atoms with Crippen LogP contribution >= 0.6 is 0 Å². The molecule has 0 fully saturated rings. The summed E-state index contributed by atoms with van der Waals surface area (Å²) in [5, 5.41) is 26.6. The predicted octanol–water partition coefficient (Wildman–Crippen LogP) is -2.38. The Bertz CT molecular complexity index is 575. The first kappa shape index (κ1) is 22.1. The van der Waals surface area contributed by atoms with Crippen LogP contribution in [0.1, 0.15) is 13.8 Å². The Morgan fingerprint density at radius 2 is 1.67 bits per heavy atom. The van der Waals surface area contributed by atoms with Gasteiger partial charge in [0.1, 0.15) is 0 Å². The smallest absolute Gasteiger partial charge is 0.410 e. The molecule has 0 radical (unpaired) electrons. The minimum atomic E-state index is -5.39. The second-order valence-corrected chi connectivity index (χ2v) is 6.56. The number of ether oxygens (including phenoxy) is 2. The minimum Gasteiger partial charge on any atom is -0.435 e. The quantitative estimate of drug-likeness (QED) is 0.210. The van der Waals surface area contributed by atoms with Gasteiger partial charge in [0.05, 0.1) is 5.25 Å². The molecule has 24 heavy (non-hydrogen) atoms. The van der Waals surface area contributed by atoms with Crippen molar-refractivity contribution in [3.05, 3.63) is 0 Å². The van der Waals surface area contributed by atoms with Crippen LogP contribution in [0.3, 0.4) is 0 Å². The molecule has 0 amide bonds. The highest BCUT2D eigenvalue weighted by Crippen LogP contribution is 2.36. The lowest BCUT2D eigenvalue weighted by molar-refractivity contribution is -0.349. The lowest BCUT2D eigenvalue weighted by Crippen LogP contribution is -2.65. The molecule has 0 aromatic heterocycles. The van der Waals surface area contributed by atoms with Crippen molar-refractivity contribution in [2.24, 2.45) is 0 Å². The van der Waals surface area contributed by atoms with E-state index in [0.717, 1.165) is 13.8 Å². The molecule has 0 saturated heterocycles. The predicted molar refractivity (Wildman–Crippen MR) is 66.4 cm³/mol. The summed E-state index contributed by atoms with van der Waals surface area (Å²) in [6.45, 7) is 0.598. The molecule has 1 unspecified atom stereocenters. The molecule has 0 aromatic rings. The van der Waals surface area contributed by atoms with Crippen molar-refractivity contribution in [1.82, 2.24) is 0 Å². The van der Waals surface area contributed by atoms with Crippen molar-refractivity contribution in [3.63, 3.8) is 0 Å². The van der Waals surface area contributed by atoms with E-state index in [1.165, 1.54) is 0 Å². The van der Waals surface area contributed by atoms with Gasteiger partial charge in [-0.25, -0.2) is 4.79 Å². The highest BCUT2D eigenvalue weighted by Gasteiger charge is 2.69. The fourth-order valence-electron chi connectivity index (χ4n) is 1.13. The number of rotatable bonds is 10. The van der Waals surface area contributed by atoms with E-state index in [1.54, 1.807) is 0 Å². The molecule has 0 saturated carbocycles. The maximum atomic E-state index is 14.0. The van der Waals surface area contributed by atoms with Crippen LogP contribution in [0.2, 0.25) is 0 Å². The number of carbonyl (C=O) groups is 3. The largest absolute Gasteiger partial charge is 0.435 e. The number of carbonyl (C=O) groups excluding carboxylic acids is 3. The van der Waals surface area contributed by atoms with Crippen molar-refractivity contribution in [1.29, 1.82) is 0 Å². The average molecular weight is 380 g/mol. The van der Waals surface area contributed by atoms with E-state index in [-0.39, 0.29) is 0 Å². The zero-order valence-corrected chi connectivity index (χ0v) is 13.0. The summed E-state index contributed by atoms with van der Waals surface area (Å²) in [7, 11) is -4.83. The standard InChI is InChI=1S/C10H14F2O11S/c1-5(2)24(19,20)23-8(17)9(11,12)10(18,22-4-14)6(15)7(16)21-3-13/h3-7,15-16,18H,1-2H3/t6-,7?,10+/m1/s1. The van der Waals surface area contributed by atoms with E-state index in [9.17, 15) is 41.8 Å². The number of alkyl halides is 2. The third-order valence-electron chi connectivity index (χ3n) is 2.57. The first-order valence-corrected chi connectivity index (χ1v) is 7.39. The van der Waals surface area contributed by atoms with E-state index in [4.69, 9.17) is 5.11 Å². The summed E-state index contributed by atoms with van der Waals surface area (Å²) >= 11 is 0. The molecule has 0 spiro atoms. The molecule has 3 atom stereocenters. The van der Waals surface area contributed by atoms with Gasteiger partial charge in [-0.1, -0.05) is 0 Å². The summed E-state index contributed by atoms with van der Waals surface area (Å²) in [4.78, 5) is 31.7. The summed E-state index contributed by atoms with van der Waals surface area (Å²) in [6, 6.07) is 0. The van der Waals surface area contributed by atoms with Crippen molar-refractivity contribution in [2.75, 3.05) is 0 Å². The van der Waals surface area contributed by atoms with Gasteiger partial charge in [-0.15, -0.1) is 0 Å². The SMILES string of the molecule is CC(C)S(=O)(=O)OC(=O)C(F)(F)[C@@](O)(OC=O)[C@H](O)C(O)OC=O. The zero-order chi connectivity index (χ0) is 19.3. The molecular formula is C10H14F2O11S. The number of halogens is 2. The number of aliphatic hydroxyl groups is 3. The van der Waals surface area contributed by atoms with Gasteiger partial charge in [-0.2, -0.15) is 17.2 Å². The van der Waals surface area contributed by atoms with Gasteiger partial charge in [-0.3, -0.25) is 9.59 Å². The summed E-state index contributed by atoms with van der Waals surface area (Å²) in [6.07, 6.45) is -6.13. The maximum Gasteiger partial charge on any atom is 0.410 e. The molecule has 11 nitrogen and oxygen atoms in total. The van der Waals surface area contributed by atoms with Crippen molar-refractivity contribution < 1.29 is 60.6 Å². The Kier molecular flexibility index (Phi) is 7.16. The maximum absolute atomic E-state index is 14.0. The fraction of sp³-hybridized carbons (Fsp3) is 0.700. The summed E-state index contributed by atoms with van der Waals surface area (Å²) in [5.74, 6) is -12.8. The number of hydrogen-bond acceptors (Lipinski definition) is 11. The highest BCUT2D eigenvalue weighted by molar-refractivity contribution is 7.87. The molecule has 0 aliphatic rings. The molecule has 0 aliphatic carbocycles. The molecule has 140 valence electrons. The Morgan fingerprint density at radius 3 is 2.04 bits per heavy atom. The fourth-order valence-corrected chi connectivity index (χ4v) is 1.64. The van der Waals surface area contributed by atoms with E-state index >= 15 is 0 Å². The molecule has 0 heterocycles. The van der Waals surface area contributed by atoms with Crippen LogP contribution in [0.5, 0.6) is 0 Å². The molecule has 0 aliphatic heterocycles. The normalized spacial score (nSPS) is 17.3. The van der Waals surface area contributed by atoms with Gasteiger partial charge >= 0.3 is 27.8 Å². The second-order valence-electron chi connectivity index (χ2n) is 4.46. The van der Waals surface area contributed by atoms with E-state index in [1.807, 2.05) is 0 Å². The first-order valence-electron chi connectivity index (χ1n) is 5.92. The van der Waals surface area contributed by atoms with Crippen LogP contribution < -0.4 is 0 Å². The van der Waals surface area contributed by atoms with Crippen LogP contribution in [0, 0.1) is 0 Å². The van der Waals surface area contributed by atoms with Crippen molar-refractivity contribution in [2.45, 2.75) is 43.2 Å². The summed E-state index contributed by atoms with van der Waals surface area (Å²) in [5.41, 5.74) is 0. The third-order valence-corrected chi connectivity index (χ3v) is 4.11. The van der Waals surface area contributed by atoms with Gasteiger partial charge < -0.3 is 29.0 Å². The lowest BCUT2D eigenvalue weighted by atomic mass is 10.0. The third kappa shape index (κ3) is 4.34. The van der Waals surface area contributed by atoms with Crippen LogP contribution in [-0.2, 0) is 38.2 Å². The highest BCUT2D eigenvalue weighted by atomic mass is 32.2. The van der Waals surface area contributed by atoms with Crippen LogP contribution in [-0.4, -0.2) is 72.0 Å². The monoisotopic (exact) mass is 380 g/mol. The van der Waals surface area contributed by atoms with E-state index < -0.39 is 58.4 Å². The molecule has 0 aromatic carbocycles. The van der Waals surface area contributed by atoms with Gasteiger partial charge in [-0.05, 0) is 13.8 Å². The van der Waals surface area contributed by atoms with Gasteiger partial charge in [0.25, 0.3) is 12.9 Å².